The highest BCUT2D eigenvalue weighted by Gasteiger charge is 2.33. The molecule has 1 saturated heterocycles. The van der Waals surface area contributed by atoms with Crippen LogP contribution in [0.1, 0.15) is 29.8 Å². The van der Waals surface area contributed by atoms with Crippen LogP contribution in [-0.4, -0.2) is 40.9 Å². The Bertz CT molecular complexity index is 629. The van der Waals surface area contributed by atoms with Crippen LogP contribution in [0.25, 0.3) is 0 Å². The second-order valence-electron chi connectivity index (χ2n) is 6.46. The predicted octanol–water partition coefficient (Wildman–Crippen LogP) is 3.42. The van der Waals surface area contributed by atoms with E-state index in [4.69, 9.17) is 0 Å². The minimum Gasteiger partial charge on any atom is -0.331 e. The first-order valence-electron chi connectivity index (χ1n) is 8.29. The molecule has 0 spiro atoms. The molecule has 120 valence electrons. The Hall–Kier alpha value is -2.13. The molecule has 3 rings (SSSR count). The van der Waals surface area contributed by atoms with Gasteiger partial charge in [0.2, 0.25) is 0 Å². The molecule has 0 bridgehead atoms. The molecule has 23 heavy (non-hydrogen) atoms. The maximum Gasteiger partial charge on any atom is 0.254 e. The third-order valence-corrected chi connectivity index (χ3v) is 4.50. The van der Waals surface area contributed by atoms with Gasteiger partial charge in [-0.05, 0) is 31.5 Å². The van der Waals surface area contributed by atoms with Crippen molar-refractivity contribution < 1.29 is 4.79 Å². The Morgan fingerprint density at radius 3 is 2.00 bits per heavy atom. The predicted molar refractivity (Wildman–Crippen MR) is 93.3 cm³/mol. The lowest BCUT2D eigenvalue weighted by Crippen LogP contribution is -2.58. The Labute approximate surface area is 138 Å². The van der Waals surface area contributed by atoms with Gasteiger partial charge in [-0.1, -0.05) is 48.5 Å². The van der Waals surface area contributed by atoms with Crippen LogP contribution in [0.5, 0.6) is 0 Å². The molecule has 1 aliphatic heterocycles. The van der Waals surface area contributed by atoms with Crippen LogP contribution in [0.4, 0.5) is 0 Å². The van der Waals surface area contributed by atoms with E-state index in [0.29, 0.717) is 0 Å². The highest BCUT2D eigenvalue weighted by Crippen LogP contribution is 2.20. The largest absolute Gasteiger partial charge is 0.331 e. The first kappa shape index (κ1) is 15.8. The Kier molecular flexibility index (Phi) is 4.77. The molecule has 0 aliphatic carbocycles. The van der Waals surface area contributed by atoms with E-state index in [-0.39, 0.29) is 18.0 Å². The number of carbonyl (C=O) groups is 1. The van der Waals surface area contributed by atoms with Crippen LogP contribution in [0.15, 0.2) is 60.7 Å². The van der Waals surface area contributed by atoms with E-state index in [1.807, 2.05) is 41.3 Å². The molecule has 1 aliphatic rings. The van der Waals surface area contributed by atoms with Crippen molar-refractivity contribution in [2.24, 2.45) is 0 Å². The Balaban J connectivity index is 1.69. The normalized spacial score (nSPS) is 22.1. The molecular weight excluding hydrogens is 284 g/mol. The van der Waals surface area contributed by atoms with Crippen LogP contribution in [0.3, 0.4) is 0 Å². The number of carbonyl (C=O) groups excluding carboxylic acids is 1. The maximum absolute atomic E-state index is 12.8. The lowest BCUT2D eigenvalue weighted by molar-refractivity contribution is 0.0268. The van der Waals surface area contributed by atoms with E-state index in [2.05, 4.69) is 43.0 Å². The third-order valence-electron chi connectivity index (χ3n) is 4.50. The molecular formula is C20H24N2O. The van der Waals surface area contributed by atoms with Gasteiger partial charge in [-0.25, -0.2) is 0 Å². The zero-order chi connectivity index (χ0) is 16.2. The van der Waals surface area contributed by atoms with E-state index < -0.39 is 0 Å². The molecule has 0 radical (unpaired) electrons. The van der Waals surface area contributed by atoms with Gasteiger partial charge in [0, 0.05) is 37.3 Å². The van der Waals surface area contributed by atoms with Gasteiger partial charge in [0.05, 0.1) is 0 Å². The molecule has 2 aromatic rings. The number of piperazine rings is 1. The zero-order valence-corrected chi connectivity index (χ0v) is 13.9. The fraction of sp³-hybridized carbons (Fsp3) is 0.350. The molecule has 1 fully saturated rings. The lowest BCUT2D eigenvalue weighted by atomic mass is 10.0. The second kappa shape index (κ2) is 6.97. The van der Waals surface area contributed by atoms with Crippen molar-refractivity contribution in [1.29, 1.82) is 0 Å². The van der Waals surface area contributed by atoms with Crippen molar-refractivity contribution >= 4 is 5.91 Å². The summed E-state index contributed by atoms with van der Waals surface area (Å²) < 4.78 is 0. The van der Waals surface area contributed by atoms with Crippen molar-refractivity contribution in [3.05, 3.63) is 71.8 Å². The van der Waals surface area contributed by atoms with Crippen LogP contribution >= 0.6 is 0 Å². The molecule has 0 saturated carbocycles. The summed E-state index contributed by atoms with van der Waals surface area (Å²) in [4.78, 5) is 17.3. The summed E-state index contributed by atoms with van der Waals surface area (Å²) in [5.41, 5.74) is 2.11. The second-order valence-corrected chi connectivity index (χ2v) is 6.46. The lowest BCUT2D eigenvalue weighted by Gasteiger charge is -2.44. The quantitative estimate of drug-likeness (QED) is 0.867. The molecule has 1 amide bonds. The van der Waals surface area contributed by atoms with E-state index in [1.54, 1.807) is 0 Å². The number of rotatable bonds is 3. The van der Waals surface area contributed by atoms with Gasteiger partial charge < -0.3 is 4.90 Å². The van der Waals surface area contributed by atoms with Gasteiger partial charge in [-0.15, -0.1) is 0 Å². The van der Waals surface area contributed by atoms with Crippen molar-refractivity contribution in [3.63, 3.8) is 0 Å². The SMILES string of the molecule is CC1CN(Cc2ccccc2)CC(C)N1C(=O)c1ccccc1. The summed E-state index contributed by atoms with van der Waals surface area (Å²) in [5, 5.41) is 0. The fourth-order valence-corrected chi connectivity index (χ4v) is 3.53. The highest BCUT2D eigenvalue weighted by atomic mass is 16.2. The minimum absolute atomic E-state index is 0.143. The molecule has 0 aromatic heterocycles. The van der Waals surface area contributed by atoms with Gasteiger partial charge in [-0.2, -0.15) is 0 Å². The smallest absolute Gasteiger partial charge is 0.254 e. The van der Waals surface area contributed by atoms with Gasteiger partial charge in [0.25, 0.3) is 5.91 Å². The number of nitrogens with zero attached hydrogens (tertiary/aromatic N) is 2. The van der Waals surface area contributed by atoms with Crippen LogP contribution in [0.2, 0.25) is 0 Å². The van der Waals surface area contributed by atoms with E-state index in [9.17, 15) is 4.79 Å². The molecule has 1 heterocycles. The topological polar surface area (TPSA) is 23.6 Å². The first-order valence-corrected chi connectivity index (χ1v) is 8.29. The van der Waals surface area contributed by atoms with Crippen molar-refractivity contribution in [3.8, 4) is 0 Å². The summed E-state index contributed by atoms with van der Waals surface area (Å²) in [5.74, 6) is 0.143. The standard InChI is InChI=1S/C20H24N2O/c1-16-13-21(15-18-9-5-3-6-10-18)14-17(2)22(16)20(23)19-11-7-4-8-12-19/h3-12,16-17H,13-15H2,1-2H3. The van der Waals surface area contributed by atoms with Crippen molar-refractivity contribution in [2.45, 2.75) is 32.5 Å². The molecule has 2 unspecified atom stereocenters. The summed E-state index contributed by atoms with van der Waals surface area (Å²) in [7, 11) is 0. The summed E-state index contributed by atoms with van der Waals surface area (Å²) >= 11 is 0. The number of hydrogen-bond acceptors (Lipinski definition) is 2. The molecule has 3 nitrogen and oxygen atoms in total. The molecule has 0 N–H and O–H groups in total. The number of hydrogen-bond donors (Lipinski definition) is 0. The summed E-state index contributed by atoms with van der Waals surface area (Å²) in [6, 6.07) is 20.6. The van der Waals surface area contributed by atoms with Gasteiger partial charge in [0.1, 0.15) is 0 Å². The summed E-state index contributed by atoms with van der Waals surface area (Å²) in [6.07, 6.45) is 0. The first-order chi connectivity index (χ1) is 11.1. The van der Waals surface area contributed by atoms with E-state index in [0.717, 1.165) is 25.2 Å². The monoisotopic (exact) mass is 308 g/mol. The average Bonchev–Trinajstić information content (AvgIpc) is 2.56. The van der Waals surface area contributed by atoms with Crippen LogP contribution in [0, 0.1) is 0 Å². The molecule has 3 heteroatoms. The minimum atomic E-state index is 0.143. The van der Waals surface area contributed by atoms with Gasteiger partial charge in [-0.3, -0.25) is 9.69 Å². The average molecular weight is 308 g/mol. The Morgan fingerprint density at radius 2 is 1.43 bits per heavy atom. The van der Waals surface area contributed by atoms with Gasteiger partial charge in [0.15, 0.2) is 0 Å². The number of benzene rings is 2. The molecule has 2 atom stereocenters. The third kappa shape index (κ3) is 3.62. The van der Waals surface area contributed by atoms with Crippen molar-refractivity contribution in [1.82, 2.24) is 9.80 Å². The Morgan fingerprint density at radius 1 is 0.913 bits per heavy atom. The number of amides is 1. The van der Waals surface area contributed by atoms with E-state index >= 15 is 0 Å². The van der Waals surface area contributed by atoms with Crippen molar-refractivity contribution in [2.75, 3.05) is 13.1 Å². The van der Waals surface area contributed by atoms with E-state index in [1.165, 1.54) is 5.56 Å². The fourth-order valence-electron chi connectivity index (χ4n) is 3.53. The molecule has 2 aromatic carbocycles. The highest BCUT2D eigenvalue weighted by molar-refractivity contribution is 5.94. The van der Waals surface area contributed by atoms with Crippen LogP contribution in [-0.2, 0) is 6.54 Å². The maximum atomic E-state index is 12.8. The van der Waals surface area contributed by atoms with Gasteiger partial charge >= 0.3 is 0 Å². The van der Waals surface area contributed by atoms with Crippen LogP contribution < -0.4 is 0 Å². The summed E-state index contributed by atoms with van der Waals surface area (Å²) in [6.45, 7) is 7.07. The zero-order valence-electron chi connectivity index (χ0n) is 13.9.